The smallest absolute Gasteiger partial charge is 0.365 e. The second-order valence-electron chi connectivity index (χ2n) is 4.49. The van der Waals surface area contributed by atoms with Crippen LogP contribution in [0.4, 0.5) is 0 Å². The van der Waals surface area contributed by atoms with E-state index in [1.807, 2.05) is 6.92 Å². The zero-order valence-corrected chi connectivity index (χ0v) is 11.8. The first-order valence-corrected chi connectivity index (χ1v) is 7.38. The fourth-order valence-electron chi connectivity index (χ4n) is 2.18. The van der Waals surface area contributed by atoms with E-state index in [0.29, 0.717) is 18.4 Å². The molecule has 0 saturated carbocycles. The topological polar surface area (TPSA) is 109 Å². The maximum atomic E-state index is 11.5. The summed E-state index contributed by atoms with van der Waals surface area (Å²) in [6.07, 6.45) is 1.000. The number of aromatic nitrogens is 2. The van der Waals surface area contributed by atoms with Crippen LogP contribution in [0.1, 0.15) is 35.1 Å². The lowest BCUT2D eigenvalue weighted by molar-refractivity contribution is 0.0697. The van der Waals surface area contributed by atoms with E-state index in [1.54, 1.807) is 6.92 Å². The van der Waals surface area contributed by atoms with E-state index in [4.69, 9.17) is 5.11 Å². The molecule has 0 aliphatic rings. The fraction of sp³-hybridized carbons (Fsp3) is 0.333. The van der Waals surface area contributed by atoms with Crippen LogP contribution in [-0.2, 0) is 16.7 Å². The maximum absolute atomic E-state index is 11.5. The van der Waals surface area contributed by atoms with Crippen LogP contribution < -0.4 is 0 Å². The molecule has 0 unspecified atom stereocenters. The van der Waals surface area contributed by atoms with Gasteiger partial charge in [-0.25, -0.2) is 13.8 Å². The van der Waals surface area contributed by atoms with Crippen LogP contribution in [0.3, 0.4) is 0 Å². The molecule has 2 aromatic rings. The minimum absolute atomic E-state index is 0.0260. The van der Waals surface area contributed by atoms with Crippen molar-refractivity contribution in [1.82, 2.24) is 8.96 Å². The SMILES string of the molecule is CCCc1nc2cc(C(=O)O)cc(C)c2n1S(=O)(=O)O. The Morgan fingerprint density at radius 1 is 1.40 bits per heavy atom. The van der Waals surface area contributed by atoms with Gasteiger partial charge in [-0.2, -0.15) is 8.42 Å². The van der Waals surface area contributed by atoms with Crippen molar-refractivity contribution in [1.29, 1.82) is 0 Å². The minimum Gasteiger partial charge on any atom is -0.478 e. The average Bonchev–Trinajstić information content (AvgIpc) is 2.67. The van der Waals surface area contributed by atoms with Crippen molar-refractivity contribution in [3.63, 3.8) is 0 Å². The van der Waals surface area contributed by atoms with Crippen molar-refractivity contribution >= 4 is 27.3 Å². The first kappa shape index (κ1) is 14.5. The Morgan fingerprint density at radius 3 is 2.55 bits per heavy atom. The van der Waals surface area contributed by atoms with E-state index in [0.717, 1.165) is 3.97 Å². The van der Waals surface area contributed by atoms with Gasteiger partial charge in [-0.15, -0.1) is 0 Å². The summed E-state index contributed by atoms with van der Waals surface area (Å²) in [5.41, 5.74) is 0.898. The van der Waals surface area contributed by atoms with Crippen molar-refractivity contribution in [2.24, 2.45) is 0 Å². The van der Waals surface area contributed by atoms with Gasteiger partial charge in [0.05, 0.1) is 16.6 Å². The molecule has 0 saturated heterocycles. The number of hydrogen-bond acceptors (Lipinski definition) is 4. The number of carboxylic acid groups (broad SMARTS) is 1. The molecule has 0 bridgehead atoms. The number of hydrogen-bond donors (Lipinski definition) is 2. The minimum atomic E-state index is -4.49. The Morgan fingerprint density at radius 2 is 2.05 bits per heavy atom. The maximum Gasteiger partial charge on any atom is 0.365 e. The first-order valence-electron chi connectivity index (χ1n) is 5.99. The van der Waals surface area contributed by atoms with E-state index < -0.39 is 16.3 Å². The summed E-state index contributed by atoms with van der Waals surface area (Å²) in [6, 6.07) is 2.65. The van der Waals surface area contributed by atoms with Crippen molar-refractivity contribution < 1.29 is 22.9 Å². The molecule has 0 fully saturated rings. The third kappa shape index (κ3) is 2.39. The van der Waals surface area contributed by atoms with Gasteiger partial charge in [0.1, 0.15) is 5.82 Å². The molecule has 0 radical (unpaired) electrons. The number of aryl methyl sites for hydroxylation is 2. The van der Waals surface area contributed by atoms with E-state index in [-0.39, 0.29) is 22.4 Å². The van der Waals surface area contributed by atoms with Gasteiger partial charge in [0.25, 0.3) is 0 Å². The summed E-state index contributed by atoms with van der Waals surface area (Å²) < 4.78 is 33.2. The number of aromatic carboxylic acids is 1. The largest absolute Gasteiger partial charge is 0.478 e. The molecule has 2 N–H and O–H groups in total. The highest BCUT2D eigenvalue weighted by Gasteiger charge is 2.22. The zero-order valence-electron chi connectivity index (χ0n) is 11.0. The summed E-state index contributed by atoms with van der Waals surface area (Å²) in [5.74, 6) is -0.927. The Kier molecular flexibility index (Phi) is 3.53. The third-order valence-corrected chi connectivity index (χ3v) is 3.77. The van der Waals surface area contributed by atoms with Crippen LogP contribution in [-0.4, -0.2) is 33.0 Å². The number of carboxylic acids is 1. The molecule has 1 aromatic carbocycles. The molecule has 8 heteroatoms. The van der Waals surface area contributed by atoms with Gasteiger partial charge < -0.3 is 5.11 Å². The monoisotopic (exact) mass is 298 g/mol. The van der Waals surface area contributed by atoms with Crippen molar-refractivity contribution in [2.45, 2.75) is 26.7 Å². The summed E-state index contributed by atoms with van der Waals surface area (Å²) in [7, 11) is -4.49. The van der Waals surface area contributed by atoms with Crippen molar-refractivity contribution in [3.05, 3.63) is 29.1 Å². The highest BCUT2D eigenvalue weighted by molar-refractivity contribution is 7.84. The van der Waals surface area contributed by atoms with Gasteiger partial charge in [-0.3, -0.25) is 4.55 Å². The van der Waals surface area contributed by atoms with Gasteiger partial charge in [0.15, 0.2) is 0 Å². The Labute approximate surface area is 115 Å². The summed E-state index contributed by atoms with van der Waals surface area (Å²) >= 11 is 0. The quantitative estimate of drug-likeness (QED) is 0.830. The number of nitrogens with zero attached hydrogens (tertiary/aromatic N) is 2. The third-order valence-electron chi connectivity index (χ3n) is 2.92. The molecule has 108 valence electrons. The molecule has 0 aliphatic heterocycles. The summed E-state index contributed by atoms with van der Waals surface area (Å²) in [5, 5.41) is 9.01. The molecule has 2 rings (SSSR count). The van der Waals surface area contributed by atoms with Gasteiger partial charge in [0.2, 0.25) is 0 Å². The van der Waals surface area contributed by atoms with Gasteiger partial charge in [-0.05, 0) is 31.0 Å². The molecule has 7 nitrogen and oxygen atoms in total. The van der Waals surface area contributed by atoms with Crippen LogP contribution in [0.2, 0.25) is 0 Å². The fourth-order valence-corrected chi connectivity index (χ4v) is 3.04. The predicted octanol–water partition coefficient (Wildman–Crippen LogP) is 1.65. The van der Waals surface area contributed by atoms with E-state index >= 15 is 0 Å². The molecule has 0 aliphatic carbocycles. The zero-order chi connectivity index (χ0) is 15.1. The van der Waals surface area contributed by atoms with Crippen LogP contribution in [0, 0.1) is 6.92 Å². The number of rotatable bonds is 4. The standard InChI is InChI=1S/C12H14N2O5S/c1-3-4-10-13-9-6-8(12(15)16)5-7(2)11(9)14(10)20(17,18)19/h5-6H,3-4H2,1-2H3,(H,15,16)(H,17,18,19). The van der Waals surface area contributed by atoms with Gasteiger partial charge >= 0.3 is 16.3 Å². The normalized spacial score (nSPS) is 11.9. The van der Waals surface area contributed by atoms with E-state index in [2.05, 4.69) is 4.98 Å². The molecule has 0 atom stereocenters. The number of benzene rings is 1. The van der Waals surface area contributed by atoms with Crippen molar-refractivity contribution in [2.75, 3.05) is 0 Å². The molecular formula is C12H14N2O5S. The second-order valence-corrected chi connectivity index (χ2v) is 5.75. The summed E-state index contributed by atoms with van der Waals surface area (Å²) in [6.45, 7) is 3.43. The molecule has 0 amide bonds. The lowest BCUT2D eigenvalue weighted by Gasteiger charge is -2.06. The average molecular weight is 298 g/mol. The number of fused-ring (bicyclic) bond motifs is 1. The predicted molar refractivity (Wildman–Crippen MR) is 72.4 cm³/mol. The molecule has 20 heavy (non-hydrogen) atoms. The van der Waals surface area contributed by atoms with Crippen LogP contribution in [0.25, 0.3) is 11.0 Å². The highest BCUT2D eigenvalue weighted by atomic mass is 32.2. The van der Waals surface area contributed by atoms with Crippen LogP contribution in [0.5, 0.6) is 0 Å². The molecular weight excluding hydrogens is 284 g/mol. The molecule has 1 heterocycles. The lowest BCUT2D eigenvalue weighted by atomic mass is 10.1. The highest BCUT2D eigenvalue weighted by Crippen LogP contribution is 2.24. The van der Waals surface area contributed by atoms with Crippen molar-refractivity contribution in [3.8, 4) is 0 Å². The van der Waals surface area contributed by atoms with E-state index in [1.165, 1.54) is 12.1 Å². The first-order chi connectivity index (χ1) is 9.25. The second kappa shape index (κ2) is 4.88. The van der Waals surface area contributed by atoms with E-state index in [9.17, 15) is 17.8 Å². The summed E-state index contributed by atoms with van der Waals surface area (Å²) in [4.78, 5) is 15.1. The Bertz CT molecular complexity index is 792. The van der Waals surface area contributed by atoms with Gasteiger partial charge in [0, 0.05) is 6.42 Å². The van der Waals surface area contributed by atoms with Crippen LogP contribution >= 0.6 is 0 Å². The number of carbonyl (C=O) groups is 1. The lowest BCUT2D eigenvalue weighted by Crippen LogP contribution is -2.14. The van der Waals surface area contributed by atoms with Crippen LogP contribution in [0.15, 0.2) is 12.1 Å². The molecule has 1 aromatic heterocycles. The Hall–Kier alpha value is -1.93. The number of imidazole rings is 1. The Balaban J connectivity index is 2.88. The molecule has 0 spiro atoms. The van der Waals surface area contributed by atoms with Gasteiger partial charge in [-0.1, -0.05) is 6.92 Å².